The Balaban J connectivity index is 4.37. The van der Waals surface area contributed by atoms with Gasteiger partial charge in [0.2, 0.25) is 0 Å². The number of aliphatic hydroxyl groups excluding tert-OH is 3. The lowest BCUT2D eigenvalue weighted by Gasteiger charge is -2.29. The second kappa shape index (κ2) is 5.87. The van der Waals surface area contributed by atoms with E-state index in [1.165, 1.54) is 0 Å². The molecule has 8 heteroatoms. The van der Waals surface area contributed by atoms with Gasteiger partial charge in [-0.15, -0.1) is 0 Å². The molecule has 16 heavy (non-hydrogen) atoms. The average molecular weight is 237 g/mol. The van der Waals surface area contributed by atoms with Crippen LogP contribution in [-0.4, -0.2) is 63.3 Å². The summed E-state index contributed by atoms with van der Waals surface area (Å²) in [6.45, 7) is 0.489. The van der Waals surface area contributed by atoms with E-state index in [0.717, 1.165) is 6.92 Å². The molecule has 0 amide bonds. The lowest BCUT2D eigenvalue weighted by molar-refractivity contribution is -0.169. The maximum atomic E-state index is 10.4. The van der Waals surface area contributed by atoms with E-state index in [0.29, 0.717) is 0 Å². The smallest absolute Gasteiger partial charge is 0.302 e. The first-order chi connectivity index (χ1) is 7.22. The van der Waals surface area contributed by atoms with Gasteiger partial charge in [0.25, 0.3) is 0 Å². The molecule has 0 bridgehead atoms. The molecular weight excluding hydrogens is 222 g/mol. The van der Waals surface area contributed by atoms with E-state index in [-0.39, 0.29) is 6.29 Å². The van der Waals surface area contributed by atoms with Gasteiger partial charge in [0, 0.05) is 6.92 Å². The van der Waals surface area contributed by atoms with Crippen molar-refractivity contribution in [1.82, 2.24) is 0 Å². The zero-order chi connectivity index (χ0) is 12.9. The second-order valence-corrected chi connectivity index (χ2v) is 3.31. The molecule has 4 atom stereocenters. The first kappa shape index (κ1) is 14.9. The highest BCUT2D eigenvalue weighted by Crippen LogP contribution is 2.09. The summed E-state index contributed by atoms with van der Waals surface area (Å²) in [5.41, 5.74) is 2.23. The largest absolute Gasteiger partial charge is 0.463 e. The van der Waals surface area contributed by atoms with Crippen LogP contribution < -0.4 is 5.73 Å². The monoisotopic (exact) mass is 237 g/mol. The Labute approximate surface area is 91.2 Å². The molecule has 0 aliphatic rings. The maximum Gasteiger partial charge on any atom is 0.302 e. The average Bonchev–Trinajstić information content (AvgIpc) is 2.23. The molecule has 0 saturated carbocycles. The number of aldehydes is 1. The minimum atomic E-state index is -2.68. The summed E-state index contributed by atoms with van der Waals surface area (Å²) in [6.07, 6.45) is -5.89. The Bertz CT molecular complexity index is 255. The standard InChI is InChI=1S/C8H15NO7/c1-4(11)16-2-5(12)6(13)7(14)8(9,15)3-10/h3,5-7,12-15H,2,9H2,1H3/t5-,6-,7+,8+/m1/s1. The maximum absolute atomic E-state index is 10.4. The highest BCUT2D eigenvalue weighted by atomic mass is 16.5. The van der Waals surface area contributed by atoms with Crippen molar-refractivity contribution < 1.29 is 34.8 Å². The van der Waals surface area contributed by atoms with E-state index >= 15 is 0 Å². The SMILES string of the molecule is CC(=O)OC[C@@H](O)[C@@H](O)[C@H](O)[C@@](N)(O)C=O. The molecule has 6 N–H and O–H groups in total. The van der Waals surface area contributed by atoms with Crippen LogP contribution in [0.3, 0.4) is 0 Å². The molecule has 0 aromatic rings. The summed E-state index contributed by atoms with van der Waals surface area (Å²) in [5.74, 6) is -0.695. The van der Waals surface area contributed by atoms with Crippen molar-refractivity contribution in [2.45, 2.75) is 31.0 Å². The van der Waals surface area contributed by atoms with Crippen LogP contribution >= 0.6 is 0 Å². The number of carbonyl (C=O) groups excluding carboxylic acids is 2. The van der Waals surface area contributed by atoms with E-state index in [2.05, 4.69) is 4.74 Å². The quantitative estimate of drug-likeness (QED) is 0.181. The molecule has 0 unspecified atom stereocenters. The molecule has 0 heterocycles. The van der Waals surface area contributed by atoms with Crippen molar-refractivity contribution >= 4 is 12.3 Å². The Morgan fingerprint density at radius 1 is 1.50 bits per heavy atom. The number of ether oxygens (including phenoxy) is 1. The van der Waals surface area contributed by atoms with Crippen LogP contribution in [0.4, 0.5) is 0 Å². The predicted molar refractivity (Wildman–Crippen MR) is 49.9 cm³/mol. The predicted octanol–water partition coefficient (Wildman–Crippen LogP) is -3.52. The van der Waals surface area contributed by atoms with Crippen LogP contribution in [0, 0.1) is 0 Å². The van der Waals surface area contributed by atoms with Gasteiger partial charge in [-0.2, -0.15) is 0 Å². The first-order valence-electron chi connectivity index (χ1n) is 4.37. The van der Waals surface area contributed by atoms with E-state index in [4.69, 9.17) is 10.8 Å². The summed E-state index contributed by atoms with van der Waals surface area (Å²) in [5, 5.41) is 36.8. The van der Waals surface area contributed by atoms with Crippen molar-refractivity contribution in [2.24, 2.45) is 5.73 Å². The molecule has 0 fully saturated rings. The van der Waals surface area contributed by atoms with Gasteiger partial charge < -0.3 is 25.2 Å². The molecule has 0 aliphatic heterocycles. The number of carbonyl (C=O) groups is 2. The van der Waals surface area contributed by atoms with Gasteiger partial charge in [0.1, 0.15) is 24.9 Å². The number of hydrogen-bond acceptors (Lipinski definition) is 8. The van der Waals surface area contributed by atoms with Crippen LogP contribution in [0.2, 0.25) is 0 Å². The zero-order valence-electron chi connectivity index (χ0n) is 8.61. The Kier molecular flexibility index (Phi) is 5.48. The number of esters is 1. The van der Waals surface area contributed by atoms with Crippen LogP contribution in [0.25, 0.3) is 0 Å². The van der Waals surface area contributed by atoms with Crippen molar-refractivity contribution in [3.05, 3.63) is 0 Å². The minimum Gasteiger partial charge on any atom is -0.463 e. The van der Waals surface area contributed by atoms with Crippen LogP contribution in [0.5, 0.6) is 0 Å². The Morgan fingerprint density at radius 3 is 2.38 bits per heavy atom. The van der Waals surface area contributed by atoms with Gasteiger partial charge in [-0.3, -0.25) is 15.3 Å². The summed E-state index contributed by atoms with van der Waals surface area (Å²) in [6, 6.07) is 0. The molecule has 8 nitrogen and oxygen atoms in total. The molecular formula is C8H15NO7. The zero-order valence-corrected chi connectivity index (χ0v) is 8.61. The molecule has 94 valence electrons. The molecule has 0 aromatic carbocycles. The topological polar surface area (TPSA) is 150 Å². The normalized spacial score (nSPS) is 20.4. The number of rotatable bonds is 6. The van der Waals surface area contributed by atoms with Gasteiger partial charge >= 0.3 is 5.97 Å². The number of nitrogens with two attached hydrogens (primary N) is 1. The molecule has 0 saturated heterocycles. The fourth-order valence-electron chi connectivity index (χ4n) is 0.855. The number of hydrogen-bond donors (Lipinski definition) is 5. The molecule has 0 spiro atoms. The van der Waals surface area contributed by atoms with Crippen LogP contribution in [0.1, 0.15) is 6.92 Å². The third-order valence-corrected chi connectivity index (χ3v) is 1.84. The van der Waals surface area contributed by atoms with E-state index in [9.17, 15) is 24.9 Å². The second-order valence-electron chi connectivity index (χ2n) is 3.31. The Morgan fingerprint density at radius 2 is 2.00 bits per heavy atom. The van der Waals surface area contributed by atoms with Crippen molar-refractivity contribution in [3.63, 3.8) is 0 Å². The third-order valence-electron chi connectivity index (χ3n) is 1.84. The highest BCUT2D eigenvalue weighted by Gasteiger charge is 2.39. The van der Waals surface area contributed by atoms with Gasteiger partial charge in [0.05, 0.1) is 0 Å². The molecule has 0 rings (SSSR count). The fraction of sp³-hybridized carbons (Fsp3) is 0.750. The Hall–Kier alpha value is -1.06. The van der Waals surface area contributed by atoms with E-state index in [1.807, 2.05) is 0 Å². The molecule has 0 radical (unpaired) electrons. The molecule has 0 aromatic heterocycles. The summed E-state index contributed by atoms with van der Waals surface area (Å²) in [4.78, 5) is 20.6. The summed E-state index contributed by atoms with van der Waals surface area (Å²) in [7, 11) is 0. The van der Waals surface area contributed by atoms with Gasteiger partial charge in [-0.1, -0.05) is 0 Å². The number of aliphatic hydroxyl groups is 4. The van der Waals surface area contributed by atoms with Crippen molar-refractivity contribution in [2.75, 3.05) is 6.61 Å². The van der Waals surface area contributed by atoms with Crippen molar-refractivity contribution in [3.8, 4) is 0 Å². The molecule has 0 aliphatic carbocycles. The minimum absolute atomic E-state index is 0.181. The highest BCUT2D eigenvalue weighted by molar-refractivity contribution is 5.65. The summed E-state index contributed by atoms with van der Waals surface area (Å²) < 4.78 is 4.35. The van der Waals surface area contributed by atoms with Crippen LogP contribution in [0.15, 0.2) is 0 Å². The van der Waals surface area contributed by atoms with Crippen molar-refractivity contribution in [1.29, 1.82) is 0 Å². The lowest BCUT2D eigenvalue weighted by atomic mass is 10.00. The first-order valence-corrected chi connectivity index (χ1v) is 4.37. The van der Waals surface area contributed by atoms with Crippen LogP contribution in [-0.2, 0) is 14.3 Å². The van der Waals surface area contributed by atoms with Gasteiger partial charge in [-0.05, 0) is 0 Å². The third kappa shape index (κ3) is 4.21. The fourth-order valence-corrected chi connectivity index (χ4v) is 0.855. The van der Waals surface area contributed by atoms with Gasteiger partial charge in [-0.25, -0.2) is 0 Å². The summed E-state index contributed by atoms with van der Waals surface area (Å²) >= 11 is 0. The lowest BCUT2D eigenvalue weighted by Crippen LogP contribution is -2.60. The van der Waals surface area contributed by atoms with Gasteiger partial charge in [0.15, 0.2) is 12.0 Å². The van der Waals surface area contributed by atoms with E-state index < -0.39 is 36.6 Å². The van der Waals surface area contributed by atoms with E-state index in [1.54, 1.807) is 0 Å².